The molecule has 3 N–H and O–H groups in total. The van der Waals surface area contributed by atoms with Gasteiger partial charge in [0.2, 0.25) is 0 Å². The molecule has 0 aromatic heterocycles. The predicted octanol–water partition coefficient (Wildman–Crippen LogP) is -0.598. The molecule has 0 radical (unpaired) electrons. The van der Waals surface area contributed by atoms with Gasteiger partial charge in [0.1, 0.15) is 0 Å². The van der Waals surface area contributed by atoms with Gasteiger partial charge >= 0.3 is 29.6 Å². The molecule has 0 unspecified atom stereocenters. The number of rotatable bonds is 0. The standard InChI is InChI=1S/C4H9N.Na.H2O3S.H/c1-2-4-5-3-1;;1-4(2)3;/h5H,1-4H2;;(H2,1,2,3);. The van der Waals surface area contributed by atoms with Crippen LogP contribution in [0.3, 0.4) is 0 Å². The first-order chi connectivity index (χ1) is 4.23. The zero-order valence-electron chi connectivity index (χ0n) is 5.04. The van der Waals surface area contributed by atoms with Crippen LogP contribution in [0.4, 0.5) is 0 Å². The third kappa shape index (κ3) is 16.0. The van der Waals surface area contributed by atoms with Crippen molar-refractivity contribution in [2.24, 2.45) is 0 Å². The van der Waals surface area contributed by atoms with Crippen LogP contribution in [0, 0.1) is 0 Å². The Balaban J connectivity index is 0. The van der Waals surface area contributed by atoms with Crippen molar-refractivity contribution in [3.63, 3.8) is 0 Å². The summed E-state index contributed by atoms with van der Waals surface area (Å²) in [7, 11) is 0. The summed E-state index contributed by atoms with van der Waals surface area (Å²) in [6.07, 6.45) is 2.78. The van der Waals surface area contributed by atoms with Crippen LogP contribution in [0.1, 0.15) is 12.8 Å². The third-order valence-electron chi connectivity index (χ3n) is 0.957. The van der Waals surface area contributed by atoms with Crippen molar-refractivity contribution in [2.75, 3.05) is 13.1 Å². The molecule has 10 heavy (non-hydrogen) atoms. The van der Waals surface area contributed by atoms with E-state index < -0.39 is 11.4 Å². The zero-order chi connectivity index (χ0) is 7.11. The first-order valence-electron chi connectivity index (χ1n) is 2.74. The van der Waals surface area contributed by atoms with Crippen LogP contribution in [0.25, 0.3) is 0 Å². The summed E-state index contributed by atoms with van der Waals surface area (Å²) in [6, 6.07) is 0. The second kappa shape index (κ2) is 10.0. The molecule has 1 saturated heterocycles. The van der Waals surface area contributed by atoms with E-state index >= 15 is 0 Å². The molecule has 0 amide bonds. The summed E-state index contributed by atoms with van der Waals surface area (Å²) in [5.74, 6) is 0. The molecular formula is C4H12NNaO3S. The van der Waals surface area contributed by atoms with Crippen LogP contribution >= 0.6 is 0 Å². The summed E-state index contributed by atoms with van der Waals surface area (Å²) in [5.41, 5.74) is 0. The summed E-state index contributed by atoms with van der Waals surface area (Å²) >= 11 is -2.61. The normalized spacial score (nSPS) is 15.5. The second-order valence-electron chi connectivity index (χ2n) is 1.69. The van der Waals surface area contributed by atoms with Gasteiger partial charge in [-0.2, -0.15) is 4.21 Å². The number of hydrogen-bond donors (Lipinski definition) is 3. The Morgan fingerprint density at radius 2 is 1.50 bits per heavy atom. The summed E-state index contributed by atoms with van der Waals surface area (Å²) in [4.78, 5) is 0. The van der Waals surface area contributed by atoms with Gasteiger partial charge in [0.25, 0.3) is 11.4 Å². The molecular weight excluding hydrogens is 165 g/mol. The molecule has 1 aliphatic heterocycles. The van der Waals surface area contributed by atoms with Crippen LogP contribution in [0.5, 0.6) is 0 Å². The molecule has 0 saturated carbocycles. The van der Waals surface area contributed by atoms with Crippen molar-refractivity contribution in [3.05, 3.63) is 0 Å². The average Bonchev–Trinajstić information content (AvgIpc) is 2.11. The van der Waals surface area contributed by atoms with Gasteiger partial charge in [-0.1, -0.05) is 0 Å². The van der Waals surface area contributed by atoms with E-state index in [0.717, 1.165) is 0 Å². The molecule has 1 fully saturated rings. The van der Waals surface area contributed by atoms with E-state index in [1.54, 1.807) is 0 Å². The van der Waals surface area contributed by atoms with Gasteiger partial charge in [0.15, 0.2) is 0 Å². The SMILES string of the molecule is C1CCNC1.O=S(O)O.[NaH]. The zero-order valence-corrected chi connectivity index (χ0v) is 5.86. The Morgan fingerprint density at radius 3 is 1.60 bits per heavy atom. The first-order valence-corrected chi connectivity index (χ1v) is 3.80. The summed E-state index contributed by atoms with van der Waals surface area (Å²) < 4.78 is 22.8. The molecule has 0 aromatic rings. The van der Waals surface area contributed by atoms with Crippen molar-refractivity contribution in [3.8, 4) is 0 Å². The molecule has 58 valence electrons. The molecule has 0 bridgehead atoms. The maximum atomic E-state index is 8.67. The monoisotopic (exact) mass is 177 g/mol. The average molecular weight is 177 g/mol. The van der Waals surface area contributed by atoms with Gasteiger partial charge in [0, 0.05) is 0 Å². The summed E-state index contributed by atoms with van der Waals surface area (Å²) in [5, 5.41) is 3.22. The third-order valence-corrected chi connectivity index (χ3v) is 0.957. The quantitative estimate of drug-likeness (QED) is 0.341. The van der Waals surface area contributed by atoms with Crippen LogP contribution in [0.15, 0.2) is 0 Å². The van der Waals surface area contributed by atoms with Gasteiger partial charge in [0.05, 0.1) is 0 Å². The van der Waals surface area contributed by atoms with E-state index in [9.17, 15) is 0 Å². The Kier molecular flexibility index (Phi) is 13.6. The molecule has 1 heterocycles. The van der Waals surface area contributed by atoms with Crippen LogP contribution in [-0.2, 0) is 11.4 Å². The van der Waals surface area contributed by atoms with Crippen molar-refractivity contribution in [1.82, 2.24) is 5.32 Å². The van der Waals surface area contributed by atoms with Crippen molar-refractivity contribution < 1.29 is 13.3 Å². The van der Waals surface area contributed by atoms with Crippen molar-refractivity contribution in [2.45, 2.75) is 12.8 Å². The molecule has 0 aliphatic carbocycles. The predicted molar refractivity (Wildman–Crippen MR) is 42.7 cm³/mol. The molecule has 0 spiro atoms. The van der Waals surface area contributed by atoms with E-state index in [2.05, 4.69) is 5.32 Å². The summed E-state index contributed by atoms with van der Waals surface area (Å²) in [6.45, 7) is 2.50. The van der Waals surface area contributed by atoms with Gasteiger partial charge in [-0.25, -0.2) is 0 Å². The Hall–Kier alpha value is 1.03. The van der Waals surface area contributed by atoms with Crippen LogP contribution in [-0.4, -0.2) is 56.0 Å². The van der Waals surface area contributed by atoms with E-state index in [1.165, 1.54) is 25.9 Å². The Morgan fingerprint density at radius 1 is 1.20 bits per heavy atom. The number of hydrogen-bond acceptors (Lipinski definition) is 2. The van der Waals surface area contributed by atoms with Gasteiger partial charge in [-0.15, -0.1) is 0 Å². The van der Waals surface area contributed by atoms with Gasteiger partial charge in [-0.3, -0.25) is 9.11 Å². The van der Waals surface area contributed by atoms with E-state index in [4.69, 9.17) is 13.3 Å². The topological polar surface area (TPSA) is 69.6 Å². The minimum absolute atomic E-state index is 0. The van der Waals surface area contributed by atoms with Crippen molar-refractivity contribution in [1.29, 1.82) is 0 Å². The molecule has 1 rings (SSSR count). The molecule has 6 heteroatoms. The minimum atomic E-state index is -2.61. The molecule has 4 nitrogen and oxygen atoms in total. The van der Waals surface area contributed by atoms with Gasteiger partial charge < -0.3 is 5.32 Å². The maximum absolute atomic E-state index is 8.67. The fourth-order valence-corrected chi connectivity index (χ4v) is 0.625. The van der Waals surface area contributed by atoms with E-state index in [1.807, 2.05) is 0 Å². The fraction of sp³-hybridized carbons (Fsp3) is 1.00. The van der Waals surface area contributed by atoms with Crippen LogP contribution in [0.2, 0.25) is 0 Å². The van der Waals surface area contributed by atoms with E-state index in [-0.39, 0.29) is 29.6 Å². The van der Waals surface area contributed by atoms with Gasteiger partial charge in [-0.05, 0) is 25.9 Å². The Bertz CT molecular complexity index is 77.0. The van der Waals surface area contributed by atoms with Crippen LogP contribution < -0.4 is 5.32 Å². The molecule has 0 atom stereocenters. The second-order valence-corrected chi connectivity index (χ2v) is 2.15. The molecule has 0 aromatic carbocycles. The van der Waals surface area contributed by atoms with Crippen molar-refractivity contribution >= 4 is 40.9 Å². The van der Waals surface area contributed by atoms with E-state index in [0.29, 0.717) is 0 Å². The number of nitrogens with one attached hydrogen (secondary N) is 1. The fourth-order valence-electron chi connectivity index (χ4n) is 0.625. The Labute approximate surface area is 85.2 Å². The molecule has 1 aliphatic rings. The first kappa shape index (κ1) is 13.6.